The Bertz CT molecular complexity index is 1080. The first-order valence-electron chi connectivity index (χ1n) is 9.29. The molecule has 4 rings (SSSR count). The molecular weight excluding hydrogens is 417 g/mol. The third kappa shape index (κ3) is 4.03. The standard InChI is InChI=1S/C20H19F3N4O4/c1-29-11-5-6-15(30-2)12(8-11)25-19(28)14-10-18-24-13(16-4-3-7-31-16)9-17(20(21,22)23)27(18)26-14/h3-8,10,13,17,24H,9H2,1-2H3,(H,25,28)/t13-,17-/m0/s1. The van der Waals surface area contributed by atoms with Crippen molar-refractivity contribution < 1.29 is 31.9 Å². The van der Waals surface area contributed by atoms with Crippen molar-refractivity contribution in [1.82, 2.24) is 9.78 Å². The Morgan fingerprint density at radius 3 is 2.71 bits per heavy atom. The molecule has 31 heavy (non-hydrogen) atoms. The zero-order valence-corrected chi connectivity index (χ0v) is 16.6. The van der Waals surface area contributed by atoms with E-state index >= 15 is 0 Å². The lowest BCUT2D eigenvalue weighted by Gasteiger charge is -2.32. The lowest BCUT2D eigenvalue weighted by atomic mass is 10.0. The molecule has 2 aromatic heterocycles. The predicted molar refractivity (Wildman–Crippen MR) is 105 cm³/mol. The number of hydrogen-bond acceptors (Lipinski definition) is 6. The van der Waals surface area contributed by atoms with Crippen LogP contribution in [0.5, 0.6) is 11.5 Å². The zero-order chi connectivity index (χ0) is 22.2. The lowest BCUT2D eigenvalue weighted by molar-refractivity contribution is -0.174. The van der Waals surface area contributed by atoms with Gasteiger partial charge in [0.05, 0.1) is 32.2 Å². The molecule has 0 saturated heterocycles. The average Bonchev–Trinajstić information content (AvgIpc) is 3.42. The molecule has 0 fully saturated rings. The lowest BCUT2D eigenvalue weighted by Crippen LogP contribution is -2.35. The highest BCUT2D eigenvalue weighted by atomic mass is 19.4. The van der Waals surface area contributed by atoms with Crippen LogP contribution in [0.1, 0.15) is 34.8 Å². The van der Waals surface area contributed by atoms with Gasteiger partial charge in [0.2, 0.25) is 0 Å². The third-order valence-electron chi connectivity index (χ3n) is 4.96. The Kier molecular flexibility index (Phi) is 5.25. The second kappa shape index (κ2) is 7.89. The van der Waals surface area contributed by atoms with Crippen molar-refractivity contribution in [2.45, 2.75) is 24.7 Å². The van der Waals surface area contributed by atoms with E-state index in [1.54, 1.807) is 24.3 Å². The number of ether oxygens (including phenoxy) is 2. The molecular formula is C20H19F3N4O4. The first kappa shape index (κ1) is 20.6. The van der Waals surface area contributed by atoms with Gasteiger partial charge in [0, 0.05) is 18.6 Å². The van der Waals surface area contributed by atoms with E-state index in [0.29, 0.717) is 22.9 Å². The van der Waals surface area contributed by atoms with E-state index in [1.165, 1.54) is 32.6 Å². The van der Waals surface area contributed by atoms with Gasteiger partial charge in [0.1, 0.15) is 23.1 Å². The number of nitrogens with one attached hydrogen (secondary N) is 2. The van der Waals surface area contributed by atoms with Gasteiger partial charge in [0.15, 0.2) is 11.7 Å². The molecule has 1 aliphatic rings. The van der Waals surface area contributed by atoms with Crippen LogP contribution < -0.4 is 20.1 Å². The van der Waals surface area contributed by atoms with E-state index in [-0.39, 0.29) is 17.9 Å². The van der Waals surface area contributed by atoms with Gasteiger partial charge >= 0.3 is 6.18 Å². The van der Waals surface area contributed by atoms with E-state index in [9.17, 15) is 18.0 Å². The Hall–Kier alpha value is -3.63. The summed E-state index contributed by atoms with van der Waals surface area (Å²) < 4.78 is 57.6. The topological polar surface area (TPSA) is 90.5 Å². The fraction of sp³-hybridized carbons (Fsp3) is 0.300. The molecule has 0 radical (unpaired) electrons. The molecule has 0 spiro atoms. The molecule has 164 valence electrons. The maximum absolute atomic E-state index is 13.7. The zero-order valence-electron chi connectivity index (χ0n) is 16.6. The van der Waals surface area contributed by atoms with Crippen molar-refractivity contribution in [3.63, 3.8) is 0 Å². The minimum absolute atomic E-state index is 0.0673. The average molecular weight is 436 g/mol. The summed E-state index contributed by atoms with van der Waals surface area (Å²) >= 11 is 0. The summed E-state index contributed by atoms with van der Waals surface area (Å²) in [5.41, 5.74) is 0.119. The number of carbonyl (C=O) groups excluding carboxylic acids is 1. The minimum Gasteiger partial charge on any atom is -0.497 e. The van der Waals surface area contributed by atoms with Gasteiger partial charge in [0.25, 0.3) is 5.91 Å². The number of amides is 1. The maximum Gasteiger partial charge on any atom is 0.410 e. The second-order valence-corrected chi connectivity index (χ2v) is 6.89. The second-order valence-electron chi connectivity index (χ2n) is 6.89. The van der Waals surface area contributed by atoms with Crippen molar-refractivity contribution in [3.05, 3.63) is 54.1 Å². The van der Waals surface area contributed by atoms with E-state index in [4.69, 9.17) is 13.9 Å². The van der Waals surface area contributed by atoms with E-state index in [2.05, 4.69) is 15.7 Å². The van der Waals surface area contributed by atoms with Crippen molar-refractivity contribution in [1.29, 1.82) is 0 Å². The molecule has 2 atom stereocenters. The van der Waals surface area contributed by atoms with Crippen LogP contribution in [0.4, 0.5) is 24.7 Å². The van der Waals surface area contributed by atoms with Crippen LogP contribution >= 0.6 is 0 Å². The Balaban J connectivity index is 1.64. The summed E-state index contributed by atoms with van der Waals surface area (Å²) in [5, 5.41) is 9.50. The number of alkyl halides is 3. The van der Waals surface area contributed by atoms with Crippen LogP contribution in [-0.4, -0.2) is 36.1 Å². The first-order valence-corrected chi connectivity index (χ1v) is 9.29. The van der Waals surface area contributed by atoms with E-state index in [0.717, 1.165) is 4.68 Å². The van der Waals surface area contributed by atoms with Gasteiger partial charge in [-0.1, -0.05) is 0 Å². The molecule has 1 amide bonds. The number of anilines is 2. The number of halogens is 3. The number of furan rings is 1. The van der Waals surface area contributed by atoms with Crippen molar-refractivity contribution in [2.75, 3.05) is 24.9 Å². The van der Waals surface area contributed by atoms with Gasteiger partial charge in [-0.15, -0.1) is 0 Å². The largest absolute Gasteiger partial charge is 0.497 e. The number of hydrogen-bond donors (Lipinski definition) is 2. The van der Waals surface area contributed by atoms with E-state index in [1.807, 2.05) is 0 Å². The Morgan fingerprint density at radius 1 is 1.26 bits per heavy atom. The summed E-state index contributed by atoms with van der Waals surface area (Å²) in [4.78, 5) is 12.8. The Morgan fingerprint density at radius 2 is 2.06 bits per heavy atom. The highest BCUT2D eigenvalue weighted by Crippen LogP contribution is 2.43. The summed E-state index contributed by atoms with van der Waals surface area (Å²) in [7, 11) is 2.90. The molecule has 0 aliphatic carbocycles. The van der Waals surface area contributed by atoms with Crippen molar-refractivity contribution >= 4 is 17.4 Å². The number of rotatable bonds is 5. The molecule has 1 aromatic carbocycles. The van der Waals surface area contributed by atoms with Crippen molar-refractivity contribution in [2.24, 2.45) is 0 Å². The van der Waals surface area contributed by atoms with Crippen LogP contribution in [0.2, 0.25) is 0 Å². The number of carbonyl (C=O) groups is 1. The van der Waals surface area contributed by atoms with Gasteiger partial charge in [-0.3, -0.25) is 4.79 Å². The third-order valence-corrected chi connectivity index (χ3v) is 4.96. The normalized spacial score (nSPS) is 18.1. The number of aromatic nitrogens is 2. The van der Waals surface area contributed by atoms with Gasteiger partial charge in [-0.25, -0.2) is 4.68 Å². The monoisotopic (exact) mass is 436 g/mol. The van der Waals surface area contributed by atoms with Crippen LogP contribution in [0.3, 0.4) is 0 Å². The molecule has 2 N–H and O–H groups in total. The molecule has 8 nitrogen and oxygen atoms in total. The number of benzene rings is 1. The fourth-order valence-electron chi connectivity index (χ4n) is 3.46. The van der Waals surface area contributed by atoms with E-state index < -0.39 is 24.2 Å². The van der Waals surface area contributed by atoms with Gasteiger partial charge in [-0.2, -0.15) is 18.3 Å². The smallest absolute Gasteiger partial charge is 0.410 e. The van der Waals surface area contributed by atoms with Crippen LogP contribution in [0.25, 0.3) is 0 Å². The van der Waals surface area contributed by atoms with Gasteiger partial charge in [-0.05, 0) is 24.3 Å². The highest BCUT2D eigenvalue weighted by Gasteiger charge is 2.47. The number of nitrogens with zero attached hydrogens (tertiary/aromatic N) is 2. The summed E-state index contributed by atoms with van der Waals surface area (Å²) in [6.45, 7) is 0. The highest BCUT2D eigenvalue weighted by molar-refractivity contribution is 6.04. The molecule has 3 aromatic rings. The summed E-state index contributed by atoms with van der Waals surface area (Å²) in [6, 6.07) is 6.64. The molecule has 11 heteroatoms. The molecule has 0 bridgehead atoms. The molecule has 0 saturated carbocycles. The first-order chi connectivity index (χ1) is 14.8. The van der Waals surface area contributed by atoms with Crippen LogP contribution in [0.15, 0.2) is 47.1 Å². The number of fused-ring (bicyclic) bond motifs is 1. The van der Waals surface area contributed by atoms with Crippen LogP contribution in [-0.2, 0) is 0 Å². The molecule has 0 unspecified atom stereocenters. The summed E-state index contributed by atoms with van der Waals surface area (Å²) in [5.74, 6) is 0.583. The molecule has 3 heterocycles. The minimum atomic E-state index is -4.56. The fourth-order valence-corrected chi connectivity index (χ4v) is 3.46. The van der Waals surface area contributed by atoms with Crippen LogP contribution in [0, 0.1) is 0 Å². The SMILES string of the molecule is COc1ccc(OC)c(NC(=O)c2cc3n(n2)[C@H](C(F)(F)F)C[C@@H](c2ccco2)N3)c1. The summed E-state index contributed by atoms with van der Waals surface area (Å²) in [6.07, 6.45) is -3.49. The predicted octanol–water partition coefficient (Wildman–Crippen LogP) is 4.41. The molecule has 1 aliphatic heterocycles. The van der Waals surface area contributed by atoms with Gasteiger partial charge < -0.3 is 24.5 Å². The number of methoxy groups -OCH3 is 2. The Labute approximate surface area is 174 Å². The quantitative estimate of drug-likeness (QED) is 0.616. The van der Waals surface area contributed by atoms with Crippen molar-refractivity contribution in [3.8, 4) is 11.5 Å². The maximum atomic E-state index is 13.7.